The summed E-state index contributed by atoms with van der Waals surface area (Å²) in [6.45, 7) is 4.11. The molecule has 1 aromatic heterocycles. The van der Waals surface area contributed by atoms with Crippen molar-refractivity contribution in [3.63, 3.8) is 0 Å². The van der Waals surface area contributed by atoms with E-state index in [9.17, 15) is 0 Å². The van der Waals surface area contributed by atoms with E-state index in [4.69, 9.17) is 4.74 Å². The van der Waals surface area contributed by atoms with Gasteiger partial charge in [-0.15, -0.1) is 11.3 Å². The molecule has 0 fully saturated rings. The molecule has 1 aromatic rings. The summed E-state index contributed by atoms with van der Waals surface area (Å²) in [5.74, 6) is 1.02. The summed E-state index contributed by atoms with van der Waals surface area (Å²) in [4.78, 5) is 1.26. The average molecular weight is 206 g/mol. The second-order valence-electron chi connectivity index (χ2n) is 3.58. The maximum atomic E-state index is 5.73. The quantitative estimate of drug-likeness (QED) is 0.729. The molecule has 0 spiro atoms. The van der Waals surface area contributed by atoms with Gasteiger partial charge < -0.3 is 4.74 Å². The monoisotopic (exact) mass is 206 g/mol. The molecule has 2 heteroatoms. The third-order valence-electron chi connectivity index (χ3n) is 2.03. The molecule has 0 radical (unpaired) electrons. The lowest BCUT2D eigenvalue weighted by molar-refractivity contribution is 0.243. The van der Waals surface area contributed by atoms with Gasteiger partial charge in [0.1, 0.15) is 5.75 Å². The Balaban J connectivity index is 2.25. The third kappa shape index (κ3) is 1.90. The Morgan fingerprint density at radius 3 is 2.93 bits per heavy atom. The summed E-state index contributed by atoms with van der Waals surface area (Å²) in [5, 5.41) is 2.08. The first-order valence-corrected chi connectivity index (χ1v) is 5.76. The predicted molar refractivity (Wildman–Crippen MR) is 61.8 cm³/mol. The summed E-state index contributed by atoms with van der Waals surface area (Å²) >= 11 is 1.74. The molecule has 2 rings (SSSR count). The summed E-state index contributed by atoms with van der Waals surface area (Å²) in [5.41, 5.74) is 1.30. The van der Waals surface area contributed by atoms with Gasteiger partial charge >= 0.3 is 0 Å². The van der Waals surface area contributed by atoms with Gasteiger partial charge in [0.2, 0.25) is 0 Å². The third-order valence-corrected chi connectivity index (χ3v) is 2.97. The summed E-state index contributed by atoms with van der Waals surface area (Å²) < 4.78 is 5.73. The van der Waals surface area contributed by atoms with Crippen LogP contribution in [0.1, 0.15) is 25.1 Å². The van der Waals surface area contributed by atoms with Crippen LogP contribution in [0.15, 0.2) is 29.7 Å². The molecule has 1 aliphatic rings. The van der Waals surface area contributed by atoms with Gasteiger partial charge in [-0.25, -0.2) is 0 Å². The normalized spacial score (nSPS) is 14.9. The average Bonchev–Trinajstić information content (AvgIpc) is 2.70. The van der Waals surface area contributed by atoms with Crippen LogP contribution in [0.4, 0.5) is 0 Å². The maximum absolute atomic E-state index is 5.73. The van der Waals surface area contributed by atoms with Crippen molar-refractivity contribution in [3.8, 4) is 5.75 Å². The molecular formula is C12H14OS. The molecule has 0 aromatic carbocycles. The fourth-order valence-electron chi connectivity index (χ4n) is 1.48. The topological polar surface area (TPSA) is 9.23 Å². The van der Waals surface area contributed by atoms with Gasteiger partial charge in [0.05, 0.1) is 11.0 Å². The molecule has 1 nitrogen and oxygen atoms in total. The van der Waals surface area contributed by atoms with Crippen LogP contribution in [-0.2, 0) is 0 Å². The van der Waals surface area contributed by atoms with Crippen molar-refractivity contribution in [2.75, 3.05) is 0 Å². The van der Waals surface area contributed by atoms with Crippen molar-refractivity contribution in [2.45, 2.75) is 26.4 Å². The van der Waals surface area contributed by atoms with Crippen LogP contribution < -0.4 is 4.74 Å². The van der Waals surface area contributed by atoms with E-state index in [0.29, 0.717) is 0 Å². The molecule has 0 saturated heterocycles. The van der Waals surface area contributed by atoms with E-state index in [-0.39, 0.29) is 6.10 Å². The minimum absolute atomic E-state index is 0.245. The predicted octanol–water partition coefficient (Wildman–Crippen LogP) is 3.88. The first kappa shape index (κ1) is 9.53. The van der Waals surface area contributed by atoms with E-state index < -0.39 is 0 Å². The zero-order valence-electron chi connectivity index (χ0n) is 8.49. The van der Waals surface area contributed by atoms with E-state index >= 15 is 0 Å². The highest BCUT2D eigenvalue weighted by atomic mass is 32.1. The molecule has 1 aliphatic carbocycles. The van der Waals surface area contributed by atoms with Gasteiger partial charge in [-0.3, -0.25) is 0 Å². The van der Waals surface area contributed by atoms with Gasteiger partial charge in [-0.05, 0) is 37.3 Å². The lowest BCUT2D eigenvalue weighted by Gasteiger charge is -2.09. The van der Waals surface area contributed by atoms with Crippen molar-refractivity contribution in [3.05, 3.63) is 34.6 Å². The molecular weight excluding hydrogens is 192 g/mol. The van der Waals surface area contributed by atoms with Crippen molar-refractivity contribution >= 4 is 16.9 Å². The second kappa shape index (κ2) is 4.01. The first-order chi connectivity index (χ1) is 6.77. The molecule has 14 heavy (non-hydrogen) atoms. The highest BCUT2D eigenvalue weighted by Crippen LogP contribution is 2.35. The molecule has 0 unspecified atom stereocenters. The van der Waals surface area contributed by atoms with E-state index in [1.54, 1.807) is 11.3 Å². The molecule has 0 atom stereocenters. The Morgan fingerprint density at radius 2 is 2.29 bits per heavy atom. The number of thiophene rings is 1. The van der Waals surface area contributed by atoms with Crippen LogP contribution in [0.25, 0.3) is 5.57 Å². The minimum Gasteiger partial charge on any atom is -0.489 e. The smallest absolute Gasteiger partial charge is 0.138 e. The summed E-state index contributed by atoms with van der Waals surface area (Å²) in [6.07, 6.45) is 7.87. The number of rotatable bonds is 3. The second-order valence-corrected chi connectivity index (χ2v) is 4.49. The summed E-state index contributed by atoms with van der Waals surface area (Å²) in [6, 6.07) is 2.05. The molecule has 1 heterocycles. The van der Waals surface area contributed by atoms with Gasteiger partial charge in [0.25, 0.3) is 0 Å². The largest absolute Gasteiger partial charge is 0.489 e. The van der Waals surface area contributed by atoms with Crippen LogP contribution in [0.3, 0.4) is 0 Å². The molecule has 0 aliphatic heterocycles. The maximum Gasteiger partial charge on any atom is 0.138 e. The van der Waals surface area contributed by atoms with Gasteiger partial charge in [0.15, 0.2) is 0 Å². The SMILES string of the molecule is CC(C)Oc1ccsc1C1=CCC=C1. The van der Waals surface area contributed by atoms with Gasteiger partial charge in [-0.1, -0.05) is 18.2 Å². The van der Waals surface area contributed by atoms with Gasteiger partial charge in [-0.2, -0.15) is 0 Å². The number of hydrogen-bond acceptors (Lipinski definition) is 2. The fourth-order valence-corrected chi connectivity index (χ4v) is 2.33. The molecule has 0 saturated carbocycles. The lowest BCUT2D eigenvalue weighted by atomic mass is 10.2. The van der Waals surface area contributed by atoms with E-state index in [1.165, 1.54) is 10.5 Å². The van der Waals surface area contributed by atoms with Crippen LogP contribution in [0.5, 0.6) is 5.75 Å². The van der Waals surface area contributed by atoms with Crippen molar-refractivity contribution in [1.82, 2.24) is 0 Å². The Hall–Kier alpha value is -1.02. The highest BCUT2D eigenvalue weighted by molar-refractivity contribution is 7.11. The van der Waals surface area contributed by atoms with Crippen molar-refractivity contribution < 1.29 is 4.74 Å². The summed E-state index contributed by atoms with van der Waals surface area (Å²) in [7, 11) is 0. The number of ether oxygens (including phenoxy) is 1. The Morgan fingerprint density at radius 1 is 1.43 bits per heavy atom. The van der Waals surface area contributed by atoms with Crippen LogP contribution in [0, 0.1) is 0 Å². The zero-order chi connectivity index (χ0) is 9.97. The van der Waals surface area contributed by atoms with Crippen molar-refractivity contribution in [2.24, 2.45) is 0 Å². The van der Waals surface area contributed by atoms with Gasteiger partial charge in [0, 0.05) is 0 Å². The van der Waals surface area contributed by atoms with Crippen LogP contribution in [0.2, 0.25) is 0 Å². The number of hydrogen-bond donors (Lipinski definition) is 0. The Kier molecular flexibility index (Phi) is 2.73. The van der Waals surface area contributed by atoms with Crippen molar-refractivity contribution in [1.29, 1.82) is 0 Å². The molecule has 0 N–H and O–H groups in total. The minimum atomic E-state index is 0.245. The Bertz CT molecular complexity index is 371. The fraction of sp³-hybridized carbons (Fsp3) is 0.333. The zero-order valence-corrected chi connectivity index (χ0v) is 9.30. The van der Waals surface area contributed by atoms with Crippen LogP contribution in [-0.4, -0.2) is 6.10 Å². The Labute approximate surface area is 88.7 Å². The van der Waals surface area contributed by atoms with E-state index in [0.717, 1.165) is 12.2 Å². The first-order valence-electron chi connectivity index (χ1n) is 4.88. The van der Waals surface area contributed by atoms with E-state index in [2.05, 4.69) is 37.5 Å². The number of allylic oxidation sites excluding steroid dienone is 4. The molecule has 0 bridgehead atoms. The van der Waals surface area contributed by atoms with Crippen LogP contribution >= 0.6 is 11.3 Å². The highest BCUT2D eigenvalue weighted by Gasteiger charge is 2.11. The molecule has 74 valence electrons. The molecule has 0 amide bonds. The standard InChI is InChI=1S/C12H14OS/c1-9(2)13-11-7-8-14-12(11)10-5-3-4-6-10/h3,5-9H,4H2,1-2H3. The lowest BCUT2D eigenvalue weighted by Crippen LogP contribution is -2.05. The van der Waals surface area contributed by atoms with E-state index in [1.807, 2.05) is 6.07 Å².